The van der Waals surface area contributed by atoms with Gasteiger partial charge >= 0.3 is 5.97 Å². The van der Waals surface area contributed by atoms with E-state index in [1.165, 1.54) is 21.9 Å². The van der Waals surface area contributed by atoms with Gasteiger partial charge in [0.05, 0.1) is 24.1 Å². The molecule has 2 fully saturated rings. The lowest BCUT2D eigenvalue weighted by molar-refractivity contribution is -0.158. The average molecular weight is 664 g/mol. The van der Waals surface area contributed by atoms with Crippen LogP contribution in [0.25, 0.3) is 0 Å². The molecule has 2 aliphatic rings. The molecule has 1 saturated carbocycles. The predicted octanol–water partition coefficient (Wildman–Crippen LogP) is 7.08. The number of thiophene rings is 1. The van der Waals surface area contributed by atoms with E-state index in [9.17, 15) is 23.1 Å². The molecule has 1 saturated heterocycles. The maximum atomic E-state index is 14.7. The summed E-state index contributed by atoms with van der Waals surface area (Å²) in [6, 6.07) is 17.8. The van der Waals surface area contributed by atoms with Gasteiger partial charge in [0.25, 0.3) is 0 Å². The fraction of sp³-hybridized carbons (Fsp3) is 0.438. The lowest BCUT2D eigenvalue weighted by Gasteiger charge is -2.50. The van der Waals surface area contributed by atoms with E-state index in [1.807, 2.05) is 52.7 Å². The summed E-state index contributed by atoms with van der Waals surface area (Å²) in [5.41, 5.74) is 1.77. The van der Waals surface area contributed by atoms with Gasteiger partial charge in [0, 0.05) is 40.0 Å². The van der Waals surface area contributed by atoms with Gasteiger partial charge in [-0.1, -0.05) is 60.5 Å². The van der Waals surface area contributed by atoms with Gasteiger partial charge in [0.2, 0.25) is 15.9 Å². The molecule has 1 aromatic heterocycles. The second kappa shape index (κ2) is 13.3. The highest BCUT2D eigenvalue weighted by Crippen LogP contribution is 2.51. The third kappa shape index (κ3) is 7.28. The minimum atomic E-state index is -3.63. The molecule has 1 aliphatic heterocycles. The monoisotopic (exact) mass is 662 g/mol. The van der Waals surface area contributed by atoms with Crippen LogP contribution in [0.15, 0.2) is 66.0 Å². The maximum absolute atomic E-state index is 14.7. The number of sulfonamides is 1. The summed E-state index contributed by atoms with van der Waals surface area (Å²) in [6.07, 6.45) is 3.56. The van der Waals surface area contributed by atoms with Crippen LogP contribution in [0.1, 0.15) is 60.6 Å². The normalized spacial score (nSPS) is 22.5. The summed E-state index contributed by atoms with van der Waals surface area (Å²) in [6.45, 7) is 2.12. The van der Waals surface area contributed by atoms with Gasteiger partial charge in [0.15, 0.2) is 0 Å². The van der Waals surface area contributed by atoms with Crippen molar-refractivity contribution in [1.82, 2.24) is 9.21 Å². The van der Waals surface area contributed by atoms with Gasteiger partial charge in [-0.2, -0.15) is 4.31 Å². The second-order valence-corrected chi connectivity index (χ2v) is 15.5. The van der Waals surface area contributed by atoms with Crippen molar-refractivity contribution in [2.24, 2.45) is 17.8 Å². The zero-order valence-corrected chi connectivity index (χ0v) is 27.2. The van der Waals surface area contributed by atoms with Crippen molar-refractivity contribution >= 4 is 56.4 Å². The highest BCUT2D eigenvalue weighted by atomic mass is 35.5. The molecule has 1 aliphatic carbocycles. The lowest BCUT2D eigenvalue weighted by Crippen LogP contribution is -2.57. The number of piperidine rings is 1. The van der Waals surface area contributed by atoms with E-state index in [4.69, 9.17) is 23.2 Å². The number of amides is 1. The van der Waals surface area contributed by atoms with E-state index in [-0.39, 0.29) is 30.8 Å². The highest BCUT2D eigenvalue weighted by Gasteiger charge is 2.52. The lowest BCUT2D eigenvalue weighted by atomic mass is 9.71. The molecule has 5 atom stereocenters. The standard InChI is InChI=1S/C32H36Cl2N2O5S2/c1-3-26(32(38)39)28-17-27(22-6-4-7-24(34)16-22)30(21-11-13-23(33)14-12-21)36(31(28)37)29(20-9-10-20)19-35(43(2,40)41)18-25-8-5-15-42-25/h4-8,11-16,20,26-30H,3,9-10,17-19H2,1-2H3,(H,38,39)/t26-,27?,28?,29-,30?/m1/s1. The number of benzene rings is 2. The number of carbonyl (C=O) groups is 2. The number of carboxylic acid groups (broad SMARTS) is 1. The van der Waals surface area contributed by atoms with Crippen LogP contribution in [0, 0.1) is 17.8 Å². The number of nitrogens with zero attached hydrogens (tertiary/aromatic N) is 2. The van der Waals surface area contributed by atoms with Crippen molar-refractivity contribution in [3.63, 3.8) is 0 Å². The predicted molar refractivity (Wildman–Crippen MR) is 171 cm³/mol. The summed E-state index contributed by atoms with van der Waals surface area (Å²) in [7, 11) is -3.63. The van der Waals surface area contributed by atoms with Crippen molar-refractivity contribution in [2.75, 3.05) is 12.8 Å². The SMILES string of the molecule is CC[C@@H](C(=O)O)C1CC(c2cccc(Cl)c2)C(c2ccc(Cl)cc2)N([C@H](CN(Cc2cccs2)S(C)(=O)=O)C2CC2)C1=O. The Balaban J connectivity index is 1.66. The van der Waals surface area contributed by atoms with Crippen LogP contribution in [-0.2, 0) is 26.2 Å². The van der Waals surface area contributed by atoms with Crippen molar-refractivity contribution < 1.29 is 23.1 Å². The summed E-state index contributed by atoms with van der Waals surface area (Å²) in [4.78, 5) is 29.9. The van der Waals surface area contributed by atoms with E-state index in [0.29, 0.717) is 22.9 Å². The number of hydrogen-bond donors (Lipinski definition) is 1. The Kier molecular flexibility index (Phi) is 9.88. The number of carbonyl (C=O) groups excluding carboxylic acids is 1. The number of halogens is 2. The molecule has 230 valence electrons. The number of carboxylic acids is 1. The first-order valence-electron chi connectivity index (χ1n) is 14.5. The molecule has 43 heavy (non-hydrogen) atoms. The van der Waals surface area contributed by atoms with E-state index < -0.39 is 39.9 Å². The van der Waals surface area contributed by atoms with Crippen molar-refractivity contribution in [3.8, 4) is 0 Å². The van der Waals surface area contributed by atoms with Crippen molar-refractivity contribution in [2.45, 2.75) is 57.2 Å². The highest BCUT2D eigenvalue weighted by molar-refractivity contribution is 7.88. The third-order valence-electron chi connectivity index (χ3n) is 8.79. The Hall–Kier alpha value is -2.43. The average Bonchev–Trinajstić information content (AvgIpc) is 3.67. The zero-order chi connectivity index (χ0) is 30.9. The molecule has 2 aromatic carbocycles. The van der Waals surface area contributed by atoms with E-state index in [2.05, 4.69) is 0 Å². The summed E-state index contributed by atoms with van der Waals surface area (Å²) < 4.78 is 27.7. The topological polar surface area (TPSA) is 95.0 Å². The Bertz CT molecular complexity index is 1540. The zero-order valence-electron chi connectivity index (χ0n) is 24.1. The molecule has 0 spiro atoms. The number of hydrogen-bond acceptors (Lipinski definition) is 5. The smallest absolute Gasteiger partial charge is 0.307 e. The van der Waals surface area contributed by atoms with Crippen LogP contribution < -0.4 is 0 Å². The number of aliphatic carboxylic acids is 1. The van der Waals surface area contributed by atoms with Crippen molar-refractivity contribution in [3.05, 3.63) is 92.1 Å². The van der Waals surface area contributed by atoms with E-state index in [1.54, 1.807) is 25.1 Å². The van der Waals surface area contributed by atoms with Crippen LogP contribution in [0.2, 0.25) is 10.0 Å². The van der Waals surface area contributed by atoms with Gasteiger partial charge in [0.1, 0.15) is 0 Å². The summed E-state index contributed by atoms with van der Waals surface area (Å²) >= 11 is 14.2. The molecule has 0 radical (unpaired) electrons. The Morgan fingerprint density at radius 2 is 1.79 bits per heavy atom. The molecular weight excluding hydrogens is 627 g/mol. The summed E-state index contributed by atoms with van der Waals surface area (Å²) in [5.74, 6) is -3.08. The molecule has 5 rings (SSSR count). The first kappa shape index (κ1) is 32.0. The van der Waals surface area contributed by atoms with Crippen LogP contribution >= 0.6 is 34.5 Å². The molecule has 3 aromatic rings. The molecule has 2 heterocycles. The van der Waals surface area contributed by atoms with Crippen LogP contribution in [0.3, 0.4) is 0 Å². The van der Waals surface area contributed by atoms with Crippen LogP contribution in [0.4, 0.5) is 0 Å². The van der Waals surface area contributed by atoms with E-state index >= 15 is 0 Å². The fourth-order valence-electron chi connectivity index (χ4n) is 6.52. The van der Waals surface area contributed by atoms with E-state index in [0.717, 1.165) is 28.8 Å². The molecule has 1 amide bonds. The van der Waals surface area contributed by atoms with Crippen LogP contribution in [0.5, 0.6) is 0 Å². The second-order valence-electron chi connectivity index (χ2n) is 11.6. The largest absolute Gasteiger partial charge is 0.481 e. The number of likely N-dealkylation sites (tertiary alicyclic amines) is 1. The quantitative estimate of drug-likeness (QED) is 0.224. The van der Waals surface area contributed by atoms with Gasteiger partial charge in [-0.05, 0) is 78.4 Å². The molecular formula is C32H36Cl2N2O5S2. The van der Waals surface area contributed by atoms with Crippen molar-refractivity contribution in [1.29, 1.82) is 0 Å². The number of rotatable bonds is 12. The van der Waals surface area contributed by atoms with Gasteiger partial charge in [-0.3, -0.25) is 9.59 Å². The Labute approximate surface area is 267 Å². The molecule has 1 N–H and O–H groups in total. The molecule has 3 unspecified atom stereocenters. The minimum absolute atomic E-state index is 0.0926. The van der Waals surface area contributed by atoms with Crippen LogP contribution in [-0.4, -0.2) is 53.4 Å². The van der Waals surface area contributed by atoms with Gasteiger partial charge in [-0.15, -0.1) is 11.3 Å². The van der Waals surface area contributed by atoms with Gasteiger partial charge in [-0.25, -0.2) is 8.42 Å². The fourth-order valence-corrected chi connectivity index (χ4v) is 8.44. The maximum Gasteiger partial charge on any atom is 0.307 e. The third-order valence-corrected chi connectivity index (χ3v) is 11.4. The molecule has 11 heteroatoms. The molecule has 7 nitrogen and oxygen atoms in total. The first-order chi connectivity index (χ1) is 20.5. The summed E-state index contributed by atoms with van der Waals surface area (Å²) in [5, 5.41) is 13.2. The minimum Gasteiger partial charge on any atom is -0.481 e. The molecule has 0 bridgehead atoms. The Morgan fingerprint density at radius 1 is 1.07 bits per heavy atom. The van der Waals surface area contributed by atoms with Gasteiger partial charge < -0.3 is 10.0 Å². The first-order valence-corrected chi connectivity index (χ1v) is 18.0. The Morgan fingerprint density at radius 3 is 2.35 bits per heavy atom.